The summed E-state index contributed by atoms with van der Waals surface area (Å²) in [6, 6.07) is 3.77. The molecule has 0 heterocycles. The van der Waals surface area contributed by atoms with Crippen LogP contribution in [-0.4, -0.2) is 11.0 Å². The summed E-state index contributed by atoms with van der Waals surface area (Å²) in [7, 11) is 0. The first kappa shape index (κ1) is 14.7. The van der Waals surface area contributed by atoms with Gasteiger partial charge in [0, 0.05) is 29.4 Å². The van der Waals surface area contributed by atoms with Gasteiger partial charge in [-0.2, -0.15) is 0 Å². The first-order valence-electron chi connectivity index (χ1n) is 6.80. The van der Waals surface area contributed by atoms with E-state index < -0.39 is 11.3 Å². The lowest BCUT2D eigenvalue weighted by atomic mass is 9.87. The summed E-state index contributed by atoms with van der Waals surface area (Å²) in [6.07, 6.45) is 1.41. The van der Waals surface area contributed by atoms with E-state index in [0.29, 0.717) is 11.6 Å². The molecule has 2 unspecified atom stereocenters. The lowest BCUT2D eigenvalue weighted by molar-refractivity contribution is -0.385. The Labute approximate surface area is 116 Å². The maximum atomic E-state index is 13.0. The van der Waals surface area contributed by atoms with E-state index in [4.69, 9.17) is 0 Å². The zero-order chi connectivity index (χ0) is 14.7. The number of nitro groups is 1. The van der Waals surface area contributed by atoms with Crippen LogP contribution in [-0.2, 0) is 0 Å². The number of nitrogens with one attached hydrogen (secondary N) is 1. The van der Waals surface area contributed by atoms with E-state index in [9.17, 15) is 18.9 Å². The van der Waals surface area contributed by atoms with Crippen LogP contribution in [0, 0.1) is 16.0 Å². The molecule has 1 N–H and O–H groups in total. The van der Waals surface area contributed by atoms with Crippen LogP contribution in [0.4, 0.5) is 20.2 Å². The van der Waals surface area contributed by atoms with Crippen molar-refractivity contribution in [2.24, 2.45) is 5.92 Å². The van der Waals surface area contributed by atoms with Crippen LogP contribution in [0.2, 0.25) is 0 Å². The summed E-state index contributed by atoms with van der Waals surface area (Å²) in [5.74, 6) is 0.578. The van der Waals surface area contributed by atoms with E-state index in [0.717, 1.165) is 25.3 Å². The third kappa shape index (κ3) is 3.43. The van der Waals surface area contributed by atoms with Gasteiger partial charge in [-0.25, -0.2) is 8.78 Å². The summed E-state index contributed by atoms with van der Waals surface area (Å²) >= 11 is 0. The van der Waals surface area contributed by atoms with Crippen molar-refractivity contribution < 1.29 is 13.7 Å². The third-order valence-corrected chi connectivity index (χ3v) is 3.78. The van der Waals surface area contributed by atoms with Crippen molar-refractivity contribution in [2.75, 3.05) is 5.32 Å². The fourth-order valence-electron chi connectivity index (χ4n) is 2.76. The van der Waals surface area contributed by atoms with Crippen molar-refractivity contribution in [1.82, 2.24) is 0 Å². The molecule has 1 fully saturated rings. The molecular formula is C14H18F2N2O2. The second-order valence-corrected chi connectivity index (χ2v) is 5.44. The van der Waals surface area contributed by atoms with Gasteiger partial charge >= 0.3 is 0 Å². The molecule has 6 heteroatoms. The van der Waals surface area contributed by atoms with Crippen molar-refractivity contribution >= 4 is 11.4 Å². The zero-order valence-electron chi connectivity index (χ0n) is 11.3. The largest absolute Gasteiger partial charge is 0.382 e. The lowest BCUT2D eigenvalue weighted by Gasteiger charge is -2.29. The number of hydrogen-bond donors (Lipinski definition) is 1. The second-order valence-electron chi connectivity index (χ2n) is 5.44. The molecule has 110 valence electrons. The molecule has 1 aromatic rings. The van der Waals surface area contributed by atoms with Crippen LogP contribution in [0.5, 0.6) is 0 Å². The van der Waals surface area contributed by atoms with Gasteiger partial charge in [0.1, 0.15) is 0 Å². The number of halogens is 2. The number of rotatable bonds is 4. The molecule has 0 amide bonds. The van der Waals surface area contributed by atoms with E-state index in [1.165, 1.54) is 18.6 Å². The first-order chi connectivity index (χ1) is 9.47. The van der Waals surface area contributed by atoms with Crippen molar-refractivity contribution in [3.05, 3.63) is 33.9 Å². The fourth-order valence-corrected chi connectivity index (χ4v) is 2.76. The van der Waals surface area contributed by atoms with Gasteiger partial charge in [0.05, 0.1) is 4.92 Å². The van der Waals surface area contributed by atoms with Crippen LogP contribution in [0.15, 0.2) is 18.2 Å². The number of non-ortho nitro benzene ring substituents is 1. The van der Waals surface area contributed by atoms with Gasteiger partial charge in [-0.3, -0.25) is 10.1 Å². The molecule has 0 radical (unpaired) electrons. The molecule has 1 aliphatic carbocycles. The van der Waals surface area contributed by atoms with Gasteiger partial charge in [-0.05, 0) is 24.8 Å². The minimum Gasteiger partial charge on any atom is -0.382 e. The molecule has 0 aromatic heterocycles. The van der Waals surface area contributed by atoms with Gasteiger partial charge in [-0.15, -0.1) is 0 Å². The van der Waals surface area contributed by atoms with Crippen LogP contribution < -0.4 is 5.32 Å². The van der Waals surface area contributed by atoms with Crippen LogP contribution >= 0.6 is 0 Å². The summed E-state index contributed by atoms with van der Waals surface area (Å²) in [6.45, 7) is 2.15. The Morgan fingerprint density at radius 2 is 2.15 bits per heavy atom. The van der Waals surface area contributed by atoms with Crippen molar-refractivity contribution in [1.29, 1.82) is 0 Å². The molecule has 1 saturated carbocycles. The van der Waals surface area contributed by atoms with E-state index >= 15 is 0 Å². The van der Waals surface area contributed by atoms with Gasteiger partial charge in [-0.1, -0.05) is 19.8 Å². The van der Waals surface area contributed by atoms with Crippen molar-refractivity contribution in [3.8, 4) is 0 Å². The van der Waals surface area contributed by atoms with E-state index in [1.807, 2.05) is 0 Å². The van der Waals surface area contributed by atoms with Crippen LogP contribution in [0.3, 0.4) is 0 Å². The smallest absolute Gasteiger partial charge is 0.270 e. The monoisotopic (exact) mass is 284 g/mol. The molecule has 2 rings (SSSR count). The second kappa shape index (κ2) is 6.15. The number of benzene rings is 1. The highest BCUT2D eigenvalue weighted by atomic mass is 19.3. The first-order valence-corrected chi connectivity index (χ1v) is 6.80. The maximum absolute atomic E-state index is 13.0. The number of hydrogen-bond acceptors (Lipinski definition) is 3. The molecule has 0 saturated heterocycles. The number of alkyl halides is 2. The Balaban J connectivity index is 2.20. The molecule has 0 spiro atoms. The summed E-state index contributed by atoms with van der Waals surface area (Å²) < 4.78 is 26.1. The maximum Gasteiger partial charge on any atom is 0.270 e. The predicted octanol–water partition coefficient (Wildman–Crippen LogP) is 4.52. The van der Waals surface area contributed by atoms with Crippen LogP contribution in [0.1, 0.15) is 44.6 Å². The quantitative estimate of drug-likeness (QED) is 0.653. The Kier molecular flexibility index (Phi) is 4.52. The van der Waals surface area contributed by atoms with Crippen molar-refractivity contribution in [3.63, 3.8) is 0 Å². The molecule has 20 heavy (non-hydrogen) atoms. The number of nitro benzene ring substituents is 1. The molecular weight excluding hydrogens is 266 g/mol. The summed E-state index contributed by atoms with van der Waals surface area (Å²) in [4.78, 5) is 10.0. The summed E-state index contributed by atoms with van der Waals surface area (Å²) in [5.41, 5.74) is -0.287. The molecule has 2 atom stereocenters. The van der Waals surface area contributed by atoms with E-state index in [-0.39, 0.29) is 17.3 Å². The molecule has 0 bridgehead atoms. The molecule has 1 aromatic carbocycles. The van der Waals surface area contributed by atoms with E-state index in [1.54, 1.807) is 0 Å². The highest BCUT2D eigenvalue weighted by Gasteiger charge is 2.22. The third-order valence-electron chi connectivity index (χ3n) is 3.78. The Hall–Kier alpha value is -1.72. The minimum absolute atomic E-state index is 0.165. The standard InChI is InChI=1S/C14H18F2N2O2/c1-9-3-2-4-10(7-9)17-13-6-5-11(18(19)20)8-12(13)14(15)16/h5-6,8-10,14,17H,2-4,7H2,1H3. The zero-order valence-corrected chi connectivity index (χ0v) is 11.3. The predicted molar refractivity (Wildman–Crippen MR) is 73.1 cm³/mol. The topological polar surface area (TPSA) is 55.2 Å². The number of anilines is 1. The SMILES string of the molecule is CC1CCCC(Nc2ccc([N+](=O)[O-])cc2C(F)F)C1. The average molecular weight is 284 g/mol. The number of nitrogens with zero attached hydrogens (tertiary/aromatic N) is 1. The molecule has 4 nitrogen and oxygen atoms in total. The Morgan fingerprint density at radius 1 is 1.40 bits per heavy atom. The van der Waals surface area contributed by atoms with E-state index in [2.05, 4.69) is 12.2 Å². The lowest BCUT2D eigenvalue weighted by Crippen LogP contribution is -2.26. The fraction of sp³-hybridized carbons (Fsp3) is 0.571. The molecule has 0 aliphatic heterocycles. The highest BCUT2D eigenvalue weighted by Crippen LogP contribution is 2.33. The summed E-state index contributed by atoms with van der Waals surface area (Å²) in [5, 5.41) is 13.8. The Bertz CT molecular complexity index is 494. The van der Waals surface area contributed by atoms with Crippen molar-refractivity contribution in [2.45, 2.75) is 45.1 Å². The Morgan fingerprint density at radius 3 is 2.75 bits per heavy atom. The van der Waals surface area contributed by atoms with Gasteiger partial charge in [0.15, 0.2) is 0 Å². The average Bonchev–Trinajstić information content (AvgIpc) is 2.38. The molecule has 1 aliphatic rings. The highest BCUT2D eigenvalue weighted by molar-refractivity contribution is 5.57. The van der Waals surface area contributed by atoms with Gasteiger partial charge < -0.3 is 5.32 Å². The van der Waals surface area contributed by atoms with Crippen LogP contribution in [0.25, 0.3) is 0 Å². The van der Waals surface area contributed by atoms with Gasteiger partial charge in [0.25, 0.3) is 12.1 Å². The van der Waals surface area contributed by atoms with Gasteiger partial charge in [0.2, 0.25) is 0 Å². The minimum atomic E-state index is -2.72. The normalized spacial score (nSPS) is 22.8.